The minimum Gasteiger partial charge on any atom is -0.490 e. The summed E-state index contributed by atoms with van der Waals surface area (Å²) >= 11 is 12.1. The standard InChI is InChI=1S/C18H17Cl2NO3/c1-11(14-5-4-13(19)10-15(14)20)21-18(22)12-3-6-16-17(9-12)24-8-2-7-23-16/h3-6,9-11H,2,7-8H2,1H3,(H,21,22). The van der Waals surface area contributed by atoms with Gasteiger partial charge < -0.3 is 14.8 Å². The van der Waals surface area contributed by atoms with Gasteiger partial charge in [-0.3, -0.25) is 4.79 Å². The Morgan fingerprint density at radius 2 is 1.83 bits per heavy atom. The molecule has 1 heterocycles. The van der Waals surface area contributed by atoms with E-state index >= 15 is 0 Å². The lowest BCUT2D eigenvalue weighted by Gasteiger charge is -2.16. The van der Waals surface area contributed by atoms with Gasteiger partial charge >= 0.3 is 0 Å². The molecule has 1 N–H and O–H groups in total. The summed E-state index contributed by atoms with van der Waals surface area (Å²) < 4.78 is 11.2. The number of benzene rings is 2. The fourth-order valence-electron chi connectivity index (χ4n) is 2.51. The Labute approximate surface area is 150 Å². The quantitative estimate of drug-likeness (QED) is 0.861. The summed E-state index contributed by atoms with van der Waals surface area (Å²) in [6.45, 7) is 3.07. The fourth-order valence-corrected chi connectivity index (χ4v) is 3.09. The van der Waals surface area contributed by atoms with Crippen LogP contribution in [0.2, 0.25) is 10.0 Å². The molecule has 3 rings (SSSR count). The van der Waals surface area contributed by atoms with Gasteiger partial charge in [-0.2, -0.15) is 0 Å². The first-order valence-corrected chi connectivity index (χ1v) is 8.45. The van der Waals surface area contributed by atoms with Crippen molar-refractivity contribution in [3.05, 3.63) is 57.6 Å². The number of hydrogen-bond donors (Lipinski definition) is 1. The van der Waals surface area contributed by atoms with Crippen LogP contribution in [0.5, 0.6) is 11.5 Å². The molecule has 0 spiro atoms. The highest BCUT2D eigenvalue weighted by Gasteiger charge is 2.17. The molecule has 1 amide bonds. The van der Waals surface area contributed by atoms with E-state index in [1.807, 2.05) is 13.0 Å². The molecule has 6 heteroatoms. The third-order valence-corrected chi connectivity index (χ3v) is 4.35. The Morgan fingerprint density at radius 1 is 1.08 bits per heavy atom. The Morgan fingerprint density at radius 3 is 2.58 bits per heavy atom. The summed E-state index contributed by atoms with van der Waals surface area (Å²) in [6.07, 6.45) is 0.822. The van der Waals surface area contributed by atoms with Crippen molar-refractivity contribution in [3.63, 3.8) is 0 Å². The second-order valence-corrected chi connectivity index (χ2v) is 6.42. The van der Waals surface area contributed by atoms with Gasteiger partial charge in [-0.05, 0) is 42.8 Å². The van der Waals surface area contributed by atoms with E-state index in [4.69, 9.17) is 32.7 Å². The summed E-state index contributed by atoms with van der Waals surface area (Å²) in [5, 5.41) is 4.01. The van der Waals surface area contributed by atoms with Crippen LogP contribution in [0.3, 0.4) is 0 Å². The average molecular weight is 366 g/mol. The molecule has 0 fully saturated rings. The normalized spacial score (nSPS) is 14.6. The molecule has 0 saturated carbocycles. The first-order valence-electron chi connectivity index (χ1n) is 7.70. The number of rotatable bonds is 3. The average Bonchev–Trinajstić information content (AvgIpc) is 2.79. The molecular formula is C18H17Cl2NO3. The second-order valence-electron chi connectivity index (χ2n) is 5.57. The third kappa shape index (κ3) is 3.77. The SMILES string of the molecule is CC(NC(=O)c1ccc2c(c1)OCCCO2)c1ccc(Cl)cc1Cl. The summed E-state index contributed by atoms with van der Waals surface area (Å²) in [4.78, 5) is 12.5. The zero-order valence-corrected chi connectivity index (χ0v) is 14.7. The number of amides is 1. The van der Waals surface area contributed by atoms with Crippen molar-refractivity contribution in [2.75, 3.05) is 13.2 Å². The molecule has 1 aliphatic rings. The van der Waals surface area contributed by atoms with Crippen molar-refractivity contribution < 1.29 is 14.3 Å². The van der Waals surface area contributed by atoms with Crippen LogP contribution in [-0.4, -0.2) is 19.1 Å². The highest BCUT2D eigenvalue weighted by Crippen LogP contribution is 2.31. The van der Waals surface area contributed by atoms with E-state index in [9.17, 15) is 4.79 Å². The van der Waals surface area contributed by atoms with Crippen LogP contribution >= 0.6 is 23.2 Å². The summed E-state index contributed by atoms with van der Waals surface area (Å²) in [6, 6.07) is 10.1. The second kappa shape index (κ2) is 7.32. The molecule has 126 valence electrons. The summed E-state index contributed by atoms with van der Waals surface area (Å²) in [5.74, 6) is 1.05. The summed E-state index contributed by atoms with van der Waals surface area (Å²) in [5.41, 5.74) is 1.32. The number of fused-ring (bicyclic) bond motifs is 1. The first-order chi connectivity index (χ1) is 11.5. The highest BCUT2D eigenvalue weighted by atomic mass is 35.5. The number of halogens is 2. The molecule has 1 aliphatic heterocycles. The highest BCUT2D eigenvalue weighted by molar-refractivity contribution is 6.35. The van der Waals surface area contributed by atoms with Crippen LogP contribution < -0.4 is 14.8 Å². The van der Waals surface area contributed by atoms with Crippen LogP contribution in [0.25, 0.3) is 0 Å². The van der Waals surface area contributed by atoms with Crippen LogP contribution in [-0.2, 0) is 0 Å². The van der Waals surface area contributed by atoms with Gasteiger partial charge in [-0.25, -0.2) is 0 Å². The van der Waals surface area contributed by atoms with Crippen molar-refractivity contribution >= 4 is 29.1 Å². The lowest BCUT2D eigenvalue weighted by molar-refractivity contribution is 0.0939. The maximum absolute atomic E-state index is 12.5. The van der Waals surface area contributed by atoms with Crippen LogP contribution in [0.1, 0.15) is 35.3 Å². The minimum absolute atomic E-state index is 0.204. The molecule has 1 unspecified atom stereocenters. The summed E-state index contributed by atoms with van der Waals surface area (Å²) in [7, 11) is 0. The van der Waals surface area contributed by atoms with Gasteiger partial charge in [0.1, 0.15) is 0 Å². The molecule has 24 heavy (non-hydrogen) atoms. The van der Waals surface area contributed by atoms with Gasteiger partial charge in [0.05, 0.1) is 19.3 Å². The van der Waals surface area contributed by atoms with Crippen molar-refractivity contribution in [2.24, 2.45) is 0 Å². The topological polar surface area (TPSA) is 47.6 Å². The molecule has 1 atom stereocenters. The van der Waals surface area contributed by atoms with E-state index < -0.39 is 0 Å². The molecule has 4 nitrogen and oxygen atoms in total. The van der Waals surface area contributed by atoms with Gasteiger partial charge in [-0.15, -0.1) is 0 Å². The smallest absolute Gasteiger partial charge is 0.251 e. The largest absolute Gasteiger partial charge is 0.490 e. The Balaban J connectivity index is 1.76. The lowest BCUT2D eigenvalue weighted by atomic mass is 10.1. The fraction of sp³-hybridized carbons (Fsp3) is 0.278. The van der Waals surface area contributed by atoms with E-state index in [0.29, 0.717) is 40.3 Å². The van der Waals surface area contributed by atoms with E-state index in [1.165, 1.54) is 0 Å². The monoisotopic (exact) mass is 365 g/mol. The molecule has 0 saturated heterocycles. The predicted octanol–water partition coefficient (Wildman–Crippen LogP) is 4.65. The molecule has 0 aliphatic carbocycles. The van der Waals surface area contributed by atoms with Gasteiger partial charge in [0, 0.05) is 22.0 Å². The number of hydrogen-bond acceptors (Lipinski definition) is 3. The zero-order chi connectivity index (χ0) is 17.1. The molecule has 0 radical (unpaired) electrons. The van der Waals surface area contributed by atoms with Gasteiger partial charge in [0.15, 0.2) is 11.5 Å². The van der Waals surface area contributed by atoms with Crippen molar-refractivity contribution in [1.29, 1.82) is 0 Å². The van der Waals surface area contributed by atoms with Gasteiger partial charge in [0.2, 0.25) is 0 Å². The van der Waals surface area contributed by atoms with Gasteiger partial charge in [-0.1, -0.05) is 29.3 Å². The maximum Gasteiger partial charge on any atom is 0.251 e. The first kappa shape index (κ1) is 16.9. The van der Waals surface area contributed by atoms with Gasteiger partial charge in [0.25, 0.3) is 5.91 Å². The van der Waals surface area contributed by atoms with E-state index in [2.05, 4.69) is 5.32 Å². The number of carbonyl (C=O) groups excluding carboxylic acids is 1. The molecule has 2 aromatic carbocycles. The number of nitrogens with one attached hydrogen (secondary N) is 1. The minimum atomic E-state index is -0.252. The van der Waals surface area contributed by atoms with Crippen LogP contribution in [0, 0.1) is 0 Å². The van der Waals surface area contributed by atoms with Crippen LogP contribution in [0.15, 0.2) is 36.4 Å². The van der Waals surface area contributed by atoms with E-state index in [1.54, 1.807) is 30.3 Å². The van der Waals surface area contributed by atoms with Crippen molar-refractivity contribution in [1.82, 2.24) is 5.32 Å². The third-order valence-electron chi connectivity index (χ3n) is 3.79. The molecule has 2 aromatic rings. The number of ether oxygens (including phenoxy) is 2. The van der Waals surface area contributed by atoms with Crippen molar-refractivity contribution in [3.8, 4) is 11.5 Å². The Bertz CT molecular complexity index is 764. The predicted molar refractivity (Wildman–Crippen MR) is 94.4 cm³/mol. The Hall–Kier alpha value is -1.91. The van der Waals surface area contributed by atoms with Crippen LogP contribution in [0.4, 0.5) is 0 Å². The van der Waals surface area contributed by atoms with E-state index in [-0.39, 0.29) is 11.9 Å². The van der Waals surface area contributed by atoms with E-state index in [0.717, 1.165) is 12.0 Å². The lowest BCUT2D eigenvalue weighted by Crippen LogP contribution is -2.26. The molecular weight excluding hydrogens is 349 g/mol. The molecule has 0 bridgehead atoms. The Kier molecular flexibility index (Phi) is 5.17. The molecule has 0 aromatic heterocycles. The maximum atomic E-state index is 12.5. The number of carbonyl (C=O) groups is 1. The van der Waals surface area contributed by atoms with Crippen molar-refractivity contribution in [2.45, 2.75) is 19.4 Å². The zero-order valence-electron chi connectivity index (χ0n) is 13.1.